The molecule has 0 unspecified atom stereocenters. The van der Waals surface area contributed by atoms with Crippen LogP contribution in [0.25, 0.3) is 6.08 Å². The van der Waals surface area contributed by atoms with Crippen molar-refractivity contribution in [2.45, 2.75) is 32.8 Å². The molecule has 0 N–H and O–H groups in total. The van der Waals surface area contributed by atoms with Gasteiger partial charge in [-0.25, -0.2) is 4.99 Å². The Morgan fingerprint density at radius 3 is 2.41 bits per heavy atom. The fourth-order valence-corrected chi connectivity index (χ4v) is 6.74. The van der Waals surface area contributed by atoms with Crippen LogP contribution in [0.2, 0.25) is 10.0 Å². The van der Waals surface area contributed by atoms with E-state index in [0.29, 0.717) is 43.5 Å². The van der Waals surface area contributed by atoms with Gasteiger partial charge < -0.3 is 9.64 Å². The Labute approximate surface area is 252 Å². The van der Waals surface area contributed by atoms with Crippen LogP contribution in [0.4, 0.5) is 11.4 Å². The summed E-state index contributed by atoms with van der Waals surface area (Å²) in [7, 11) is 0. The quantitative estimate of drug-likeness (QED) is 0.241. The largest absolute Gasteiger partial charge is 0.486 e. The number of piperidine rings is 1. The molecule has 2 saturated heterocycles. The number of amidine groups is 1. The second-order valence-electron chi connectivity index (χ2n) is 9.35. The van der Waals surface area contributed by atoms with Crippen molar-refractivity contribution in [2.75, 3.05) is 24.5 Å². The summed E-state index contributed by atoms with van der Waals surface area (Å²) in [6, 6.07) is 19.5. The molecule has 0 bridgehead atoms. The molecule has 5 rings (SSSR count). The number of carbonyl (C=O) groups excluding carboxylic acids is 1. The number of ether oxygens (including phenoxy) is 1. The van der Waals surface area contributed by atoms with Crippen LogP contribution >= 0.6 is 50.9 Å². The third-order valence-electron chi connectivity index (χ3n) is 6.61. The predicted octanol–water partition coefficient (Wildman–Crippen LogP) is 8.95. The maximum absolute atomic E-state index is 13.2. The lowest BCUT2D eigenvalue weighted by Gasteiger charge is -2.28. The molecule has 0 saturated carbocycles. The van der Waals surface area contributed by atoms with Crippen LogP contribution in [0.1, 0.15) is 37.3 Å². The van der Waals surface area contributed by atoms with Crippen molar-refractivity contribution < 1.29 is 9.53 Å². The lowest BCUT2D eigenvalue weighted by atomic mass is 10.1. The molecule has 0 atom stereocenters. The molecule has 2 fully saturated rings. The average Bonchev–Trinajstić information content (AvgIpc) is 3.23. The zero-order chi connectivity index (χ0) is 27.4. The molecule has 2 heterocycles. The number of carbonyl (C=O) groups is 1. The predicted molar refractivity (Wildman–Crippen MR) is 167 cm³/mol. The number of thioether (sulfide) groups is 1. The molecule has 0 spiro atoms. The monoisotopic (exact) mass is 643 g/mol. The number of hydrogen-bond donors (Lipinski definition) is 0. The summed E-state index contributed by atoms with van der Waals surface area (Å²) in [6.45, 7) is 5.05. The Bertz CT molecular complexity index is 1380. The average molecular weight is 645 g/mol. The summed E-state index contributed by atoms with van der Waals surface area (Å²) in [6.07, 6.45) is 5.63. The number of amides is 1. The van der Waals surface area contributed by atoms with Gasteiger partial charge in [0.15, 0.2) is 10.9 Å². The highest BCUT2D eigenvalue weighted by Gasteiger charge is 2.32. The molecule has 2 aliphatic heterocycles. The minimum Gasteiger partial charge on any atom is -0.486 e. The standard InChI is InChI=1S/C30H28BrCl2N3O2S/c1-2-36-29(37)27(39-30(36)34-23-10-12-24(13-11-23)35-14-4-3-5-15-35)18-21-16-25(31)28(26(33)17-21)38-19-20-6-8-22(32)9-7-20/h6-13,16-18H,2-5,14-15,19H2,1H3/b27-18-,34-30?. The molecule has 9 heteroatoms. The summed E-state index contributed by atoms with van der Waals surface area (Å²) in [4.78, 5) is 22.7. The van der Waals surface area contributed by atoms with Crippen LogP contribution in [0.5, 0.6) is 5.75 Å². The molecule has 3 aromatic carbocycles. The van der Waals surface area contributed by atoms with Gasteiger partial charge in [-0.3, -0.25) is 9.69 Å². The molecular weight excluding hydrogens is 617 g/mol. The number of likely N-dealkylation sites (N-methyl/N-ethyl adjacent to an activating group) is 1. The summed E-state index contributed by atoms with van der Waals surface area (Å²) in [5, 5.41) is 1.80. The van der Waals surface area contributed by atoms with Crippen LogP contribution in [-0.2, 0) is 11.4 Å². The maximum atomic E-state index is 13.2. The van der Waals surface area contributed by atoms with E-state index in [1.807, 2.05) is 55.5 Å². The molecule has 5 nitrogen and oxygen atoms in total. The van der Waals surface area contributed by atoms with Crippen molar-refractivity contribution in [2.24, 2.45) is 4.99 Å². The summed E-state index contributed by atoms with van der Waals surface area (Å²) < 4.78 is 6.67. The zero-order valence-electron chi connectivity index (χ0n) is 21.5. The van der Waals surface area contributed by atoms with Gasteiger partial charge in [-0.2, -0.15) is 0 Å². The fourth-order valence-electron chi connectivity index (χ4n) is 4.56. The number of aliphatic imine (C=N–C) groups is 1. The minimum atomic E-state index is -0.0681. The number of rotatable bonds is 7. The highest BCUT2D eigenvalue weighted by Crippen LogP contribution is 2.38. The van der Waals surface area contributed by atoms with Gasteiger partial charge in [0.25, 0.3) is 5.91 Å². The molecule has 2 aliphatic rings. The molecule has 0 aromatic heterocycles. The first kappa shape index (κ1) is 28.1. The van der Waals surface area contributed by atoms with Gasteiger partial charge in [-0.1, -0.05) is 35.3 Å². The molecule has 1 amide bonds. The SMILES string of the molecule is CCN1C(=O)/C(=C/c2cc(Cl)c(OCc3ccc(Cl)cc3)c(Br)c2)SC1=Nc1ccc(N2CCCCC2)cc1. The Morgan fingerprint density at radius 2 is 1.74 bits per heavy atom. The first-order chi connectivity index (χ1) is 18.9. The third kappa shape index (κ3) is 6.83. The first-order valence-corrected chi connectivity index (χ1v) is 15.3. The van der Waals surface area contributed by atoms with E-state index in [2.05, 4.69) is 33.0 Å². The zero-order valence-corrected chi connectivity index (χ0v) is 25.4. The molecule has 0 aliphatic carbocycles. The van der Waals surface area contributed by atoms with Crippen LogP contribution in [0, 0.1) is 0 Å². The second-order valence-corrected chi connectivity index (χ2v) is 12.1. The van der Waals surface area contributed by atoms with Gasteiger partial charge in [-0.15, -0.1) is 0 Å². The fraction of sp³-hybridized carbons (Fsp3) is 0.267. The lowest BCUT2D eigenvalue weighted by molar-refractivity contribution is -0.122. The second kappa shape index (κ2) is 12.8. The number of nitrogens with zero attached hydrogens (tertiary/aromatic N) is 3. The Morgan fingerprint density at radius 1 is 1.03 bits per heavy atom. The first-order valence-electron chi connectivity index (χ1n) is 12.9. The van der Waals surface area contributed by atoms with E-state index >= 15 is 0 Å². The van der Waals surface area contributed by atoms with Gasteiger partial charge in [0.05, 0.1) is 20.1 Å². The number of anilines is 1. The summed E-state index contributed by atoms with van der Waals surface area (Å²) in [5.74, 6) is 0.478. The smallest absolute Gasteiger partial charge is 0.266 e. The Balaban J connectivity index is 1.31. The van der Waals surface area contributed by atoms with Crippen molar-refractivity contribution in [3.8, 4) is 5.75 Å². The topological polar surface area (TPSA) is 45.1 Å². The van der Waals surface area contributed by atoms with Crippen LogP contribution in [-0.4, -0.2) is 35.6 Å². The highest BCUT2D eigenvalue weighted by atomic mass is 79.9. The van der Waals surface area contributed by atoms with E-state index in [1.54, 1.807) is 11.0 Å². The number of hydrogen-bond acceptors (Lipinski definition) is 5. The van der Waals surface area contributed by atoms with Crippen molar-refractivity contribution in [1.82, 2.24) is 4.90 Å². The van der Waals surface area contributed by atoms with Gasteiger partial charge >= 0.3 is 0 Å². The van der Waals surface area contributed by atoms with Gasteiger partial charge in [0, 0.05) is 30.3 Å². The van der Waals surface area contributed by atoms with E-state index in [1.165, 1.54) is 36.7 Å². The Hall–Kier alpha value is -2.45. The van der Waals surface area contributed by atoms with Gasteiger partial charge in [-0.05, 0) is 120 Å². The van der Waals surface area contributed by atoms with Gasteiger partial charge in [0.1, 0.15) is 6.61 Å². The van der Waals surface area contributed by atoms with Gasteiger partial charge in [0.2, 0.25) is 0 Å². The van der Waals surface area contributed by atoms with Crippen molar-refractivity contribution in [1.29, 1.82) is 0 Å². The van der Waals surface area contributed by atoms with Crippen LogP contribution < -0.4 is 9.64 Å². The maximum Gasteiger partial charge on any atom is 0.266 e. The molecule has 39 heavy (non-hydrogen) atoms. The molecule has 3 aromatic rings. The number of benzene rings is 3. The summed E-state index contributed by atoms with van der Waals surface area (Å²) >= 11 is 17.5. The molecular formula is C30H28BrCl2N3O2S. The van der Waals surface area contributed by atoms with Crippen LogP contribution in [0.3, 0.4) is 0 Å². The normalized spacial score (nSPS) is 17.9. The minimum absolute atomic E-state index is 0.0681. The van der Waals surface area contributed by atoms with Crippen molar-refractivity contribution in [3.63, 3.8) is 0 Å². The molecule has 0 radical (unpaired) electrons. The van der Waals surface area contributed by atoms with E-state index in [0.717, 1.165) is 29.9 Å². The van der Waals surface area contributed by atoms with Crippen molar-refractivity contribution in [3.05, 3.63) is 91.2 Å². The van der Waals surface area contributed by atoms with E-state index < -0.39 is 0 Å². The molecule has 202 valence electrons. The van der Waals surface area contributed by atoms with Crippen LogP contribution in [0.15, 0.2) is 75.0 Å². The Kier molecular flexibility index (Phi) is 9.23. The lowest BCUT2D eigenvalue weighted by Crippen LogP contribution is -2.29. The highest BCUT2D eigenvalue weighted by molar-refractivity contribution is 9.10. The third-order valence-corrected chi connectivity index (χ3v) is 8.74. The van der Waals surface area contributed by atoms with Crippen molar-refractivity contribution >= 4 is 79.4 Å². The van der Waals surface area contributed by atoms with E-state index in [-0.39, 0.29) is 5.91 Å². The van der Waals surface area contributed by atoms with E-state index in [4.69, 9.17) is 32.9 Å². The number of halogens is 3. The summed E-state index contributed by atoms with van der Waals surface area (Å²) in [5.41, 5.74) is 3.84. The van der Waals surface area contributed by atoms with E-state index in [9.17, 15) is 4.79 Å².